The second-order valence-corrected chi connectivity index (χ2v) is 7.80. The van der Waals surface area contributed by atoms with Gasteiger partial charge >= 0.3 is 0 Å². The van der Waals surface area contributed by atoms with Crippen molar-refractivity contribution in [3.05, 3.63) is 42.0 Å². The predicted molar refractivity (Wildman–Crippen MR) is 88.6 cm³/mol. The zero-order valence-corrected chi connectivity index (χ0v) is 12.8. The molecule has 1 aliphatic heterocycles. The molecule has 1 nitrogen and oxygen atoms in total. The smallest absolute Gasteiger partial charge is 0.162 e. The largest absolute Gasteiger partial charge is 0.396 e. The molecule has 106 valence electrons. The molecule has 2 aromatic rings. The molecule has 1 heterocycles. The molecule has 2 heteroatoms. The Balaban J connectivity index is 1.96. The maximum absolute atomic E-state index is 8.95. The third-order valence-electron chi connectivity index (χ3n) is 4.17. The molecule has 0 saturated carbocycles. The van der Waals surface area contributed by atoms with E-state index in [-0.39, 0.29) is 0 Å². The fourth-order valence-corrected chi connectivity index (χ4v) is 5.60. The average Bonchev–Trinajstić information content (AvgIpc) is 3.01. The summed E-state index contributed by atoms with van der Waals surface area (Å²) in [4.78, 5) is 1.59. The maximum Gasteiger partial charge on any atom is 0.162 e. The lowest BCUT2D eigenvalue weighted by Gasteiger charge is -2.10. The number of rotatable bonds is 5. The van der Waals surface area contributed by atoms with Crippen LogP contribution in [0.4, 0.5) is 0 Å². The van der Waals surface area contributed by atoms with Gasteiger partial charge in [0.2, 0.25) is 0 Å². The molecule has 1 saturated heterocycles. The van der Waals surface area contributed by atoms with Crippen molar-refractivity contribution in [2.24, 2.45) is 0 Å². The summed E-state index contributed by atoms with van der Waals surface area (Å²) < 4.78 is 0. The lowest BCUT2D eigenvalue weighted by Crippen LogP contribution is -2.05. The minimum absolute atomic E-state index is 0.305. The molecule has 3 rings (SSSR count). The summed E-state index contributed by atoms with van der Waals surface area (Å²) in [5, 5.41) is 11.9. The third kappa shape index (κ3) is 2.87. The first-order chi connectivity index (χ1) is 9.90. The zero-order valence-electron chi connectivity index (χ0n) is 12.0. The van der Waals surface area contributed by atoms with E-state index in [1.54, 1.807) is 4.90 Å². The van der Waals surface area contributed by atoms with E-state index < -0.39 is 0 Å². The first-order valence-corrected chi connectivity index (χ1v) is 9.25. The van der Waals surface area contributed by atoms with Crippen LogP contribution in [0, 0.1) is 0 Å². The van der Waals surface area contributed by atoms with Crippen molar-refractivity contribution in [1.29, 1.82) is 0 Å². The van der Waals surface area contributed by atoms with Crippen molar-refractivity contribution in [3.63, 3.8) is 0 Å². The van der Waals surface area contributed by atoms with Crippen LogP contribution >= 0.6 is 0 Å². The molecule has 0 aromatic heterocycles. The molecule has 0 aliphatic carbocycles. The van der Waals surface area contributed by atoms with Gasteiger partial charge in [-0.1, -0.05) is 24.3 Å². The van der Waals surface area contributed by atoms with E-state index in [4.69, 9.17) is 5.11 Å². The topological polar surface area (TPSA) is 20.2 Å². The van der Waals surface area contributed by atoms with Gasteiger partial charge in [-0.3, -0.25) is 0 Å². The van der Waals surface area contributed by atoms with Crippen LogP contribution in [-0.2, 0) is 17.3 Å². The first kappa shape index (κ1) is 14.0. The SMILES string of the molecule is OCCCCc1ccc([S+]2CCCC2)c2ccccc12. The van der Waals surface area contributed by atoms with Crippen molar-refractivity contribution in [1.82, 2.24) is 0 Å². The van der Waals surface area contributed by atoms with Crippen LogP contribution in [0.15, 0.2) is 41.3 Å². The Morgan fingerprint density at radius 3 is 2.40 bits per heavy atom. The van der Waals surface area contributed by atoms with Crippen molar-refractivity contribution >= 4 is 21.7 Å². The van der Waals surface area contributed by atoms with Crippen molar-refractivity contribution in [2.75, 3.05) is 18.1 Å². The normalized spacial score (nSPS) is 16.1. The van der Waals surface area contributed by atoms with E-state index >= 15 is 0 Å². The molecule has 0 unspecified atom stereocenters. The van der Waals surface area contributed by atoms with Crippen LogP contribution in [-0.4, -0.2) is 23.2 Å². The number of benzene rings is 2. The molecule has 1 N–H and O–H groups in total. The molecule has 1 fully saturated rings. The summed E-state index contributed by atoms with van der Waals surface area (Å²) in [5.74, 6) is 2.77. The lowest BCUT2D eigenvalue weighted by molar-refractivity contribution is 0.284. The maximum atomic E-state index is 8.95. The summed E-state index contributed by atoms with van der Waals surface area (Å²) >= 11 is 0. The minimum Gasteiger partial charge on any atom is -0.396 e. The molecule has 2 aromatic carbocycles. The zero-order chi connectivity index (χ0) is 13.8. The van der Waals surface area contributed by atoms with Gasteiger partial charge in [0.15, 0.2) is 4.90 Å². The van der Waals surface area contributed by atoms with Crippen molar-refractivity contribution in [3.8, 4) is 0 Å². The highest BCUT2D eigenvalue weighted by molar-refractivity contribution is 7.97. The Morgan fingerprint density at radius 1 is 0.900 bits per heavy atom. The van der Waals surface area contributed by atoms with Gasteiger partial charge in [-0.05, 0) is 55.2 Å². The Hall–Kier alpha value is -0.990. The Bertz CT molecular complexity index is 573. The van der Waals surface area contributed by atoms with Gasteiger partial charge in [-0.2, -0.15) is 0 Å². The minimum atomic E-state index is 0.305. The van der Waals surface area contributed by atoms with E-state index in [0.29, 0.717) is 17.5 Å². The summed E-state index contributed by atoms with van der Waals surface area (Å²) in [6.07, 6.45) is 5.85. The summed E-state index contributed by atoms with van der Waals surface area (Å²) in [6, 6.07) is 13.6. The van der Waals surface area contributed by atoms with Gasteiger partial charge < -0.3 is 5.11 Å². The second kappa shape index (κ2) is 6.64. The lowest BCUT2D eigenvalue weighted by atomic mass is 10.0. The molecular weight excluding hydrogens is 264 g/mol. The van der Waals surface area contributed by atoms with Crippen molar-refractivity contribution in [2.45, 2.75) is 37.0 Å². The number of aliphatic hydroxyl groups is 1. The van der Waals surface area contributed by atoms with Gasteiger partial charge in [0, 0.05) is 22.9 Å². The number of hydrogen-bond donors (Lipinski definition) is 1. The molecule has 1 aliphatic rings. The number of fused-ring (bicyclic) bond motifs is 1. The van der Waals surface area contributed by atoms with Gasteiger partial charge in [-0.25, -0.2) is 0 Å². The van der Waals surface area contributed by atoms with E-state index in [2.05, 4.69) is 36.4 Å². The van der Waals surface area contributed by atoms with Crippen LogP contribution < -0.4 is 0 Å². The van der Waals surface area contributed by atoms with Crippen LogP contribution in [0.5, 0.6) is 0 Å². The quantitative estimate of drug-likeness (QED) is 0.652. The van der Waals surface area contributed by atoms with Gasteiger partial charge in [-0.15, -0.1) is 0 Å². The van der Waals surface area contributed by atoms with Crippen LogP contribution in [0.1, 0.15) is 31.2 Å². The van der Waals surface area contributed by atoms with Crippen LogP contribution in [0.3, 0.4) is 0 Å². The molecule has 0 bridgehead atoms. The monoisotopic (exact) mass is 287 g/mol. The molecular formula is C18H23OS+. The first-order valence-electron chi connectivity index (χ1n) is 7.69. The second-order valence-electron chi connectivity index (χ2n) is 5.56. The van der Waals surface area contributed by atoms with E-state index in [1.807, 2.05) is 0 Å². The average molecular weight is 287 g/mol. The number of unbranched alkanes of at least 4 members (excludes halogenated alkanes) is 1. The van der Waals surface area contributed by atoms with E-state index in [1.165, 1.54) is 40.7 Å². The highest BCUT2D eigenvalue weighted by Crippen LogP contribution is 2.32. The van der Waals surface area contributed by atoms with Crippen LogP contribution in [0.2, 0.25) is 0 Å². The fourth-order valence-electron chi connectivity index (χ4n) is 3.11. The third-order valence-corrected chi connectivity index (χ3v) is 6.71. The Morgan fingerprint density at radius 2 is 1.65 bits per heavy atom. The Kier molecular flexibility index (Phi) is 4.64. The molecule has 0 radical (unpaired) electrons. The molecule has 0 amide bonds. The van der Waals surface area contributed by atoms with Crippen molar-refractivity contribution < 1.29 is 5.11 Å². The number of hydrogen-bond acceptors (Lipinski definition) is 1. The summed E-state index contributed by atoms with van der Waals surface area (Å²) in [6.45, 7) is 0.305. The van der Waals surface area contributed by atoms with Gasteiger partial charge in [0.05, 0.1) is 0 Å². The number of aryl methyl sites for hydroxylation is 1. The highest BCUT2D eigenvalue weighted by Gasteiger charge is 2.28. The fraction of sp³-hybridized carbons (Fsp3) is 0.444. The number of aliphatic hydroxyl groups excluding tert-OH is 1. The summed E-state index contributed by atoms with van der Waals surface area (Å²) in [7, 11) is 0.479. The molecule has 0 atom stereocenters. The molecule has 0 spiro atoms. The van der Waals surface area contributed by atoms with Gasteiger partial charge in [0.25, 0.3) is 0 Å². The summed E-state index contributed by atoms with van der Waals surface area (Å²) in [5.41, 5.74) is 1.44. The van der Waals surface area contributed by atoms with E-state index in [0.717, 1.165) is 19.3 Å². The predicted octanol–water partition coefficient (Wildman–Crippen LogP) is 3.93. The highest BCUT2D eigenvalue weighted by atomic mass is 32.2. The van der Waals surface area contributed by atoms with E-state index in [9.17, 15) is 0 Å². The Labute approximate surface area is 124 Å². The van der Waals surface area contributed by atoms with Gasteiger partial charge in [0.1, 0.15) is 11.5 Å². The molecule has 20 heavy (non-hydrogen) atoms. The van der Waals surface area contributed by atoms with Crippen LogP contribution in [0.25, 0.3) is 10.8 Å². The standard InChI is InChI=1S/C18H23OS/c19-12-4-3-7-15-10-11-18(20-13-5-6-14-20)17-9-2-1-8-16(15)17/h1-2,8-11,19H,3-7,12-14H2/q+1.